The summed E-state index contributed by atoms with van der Waals surface area (Å²) in [7, 11) is 3.19. The van der Waals surface area contributed by atoms with E-state index in [-0.39, 0.29) is 35.5 Å². The molecule has 2 unspecified atom stereocenters. The highest BCUT2D eigenvalue weighted by atomic mass is 16.5. The summed E-state index contributed by atoms with van der Waals surface area (Å²) < 4.78 is 10.2. The van der Waals surface area contributed by atoms with E-state index in [1.165, 1.54) is 17.2 Å². The normalized spacial score (nSPS) is 15.7. The van der Waals surface area contributed by atoms with E-state index in [9.17, 15) is 19.2 Å². The standard InChI is InChI=1S/C22H23NO3.C21H21NO4/c1-3-18(24)9-4-15-5-12-20-17(14-15)8-13-21(20)23-22(25)16-6-10-19(26-2)11-7-16;1-26-18-8-4-15(5-9-18)21(25)22-20-11-6-16-12-14(3-10-19(16)20)2-7-17(24)13-23/h4-7,9-12,14,21H,3,8,13H2,1-2H3,(H,23,25);2-5,7-10,12,20,23H,6,11,13H2,1H3,(H,22,25)/b9-4+;7-2+. The van der Waals surface area contributed by atoms with Crippen LogP contribution >= 0.6 is 0 Å². The van der Waals surface area contributed by atoms with Crippen LogP contribution in [0.5, 0.6) is 11.5 Å². The third-order valence-corrected chi connectivity index (χ3v) is 9.23. The van der Waals surface area contributed by atoms with Crippen LogP contribution in [-0.2, 0) is 22.4 Å². The Kier molecular flexibility index (Phi) is 12.9. The Morgan fingerprint density at radius 1 is 0.654 bits per heavy atom. The summed E-state index contributed by atoms with van der Waals surface area (Å²) in [6, 6.07) is 26.2. The number of aliphatic hydroxyl groups is 1. The fraction of sp³-hybridized carbons (Fsp3) is 0.256. The lowest BCUT2D eigenvalue weighted by Gasteiger charge is -2.14. The maximum atomic E-state index is 12.5. The molecule has 268 valence electrons. The summed E-state index contributed by atoms with van der Waals surface area (Å²) in [5.74, 6) is 1.05. The zero-order chi connectivity index (χ0) is 37.0. The molecule has 0 radical (unpaired) electrons. The van der Waals surface area contributed by atoms with Crippen molar-refractivity contribution in [2.45, 2.75) is 51.1 Å². The van der Waals surface area contributed by atoms with Gasteiger partial charge in [0.2, 0.25) is 0 Å². The van der Waals surface area contributed by atoms with E-state index in [0.29, 0.717) is 23.3 Å². The number of allylic oxidation sites excluding steroid dienone is 1. The number of ether oxygens (including phenoxy) is 2. The first-order chi connectivity index (χ1) is 25.2. The van der Waals surface area contributed by atoms with Crippen molar-refractivity contribution in [3.63, 3.8) is 0 Å². The van der Waals surface area contributed by atoms with Crippen molar-refractivity contribution in [3.8, 4) is 11.5 Å². The molecule has 2 amide bonds. The highest BCUT2D eigenvalue weighted by Gasteiger charge is 2.25. The number of methoxy groups -OCH3 is 2. The predicted molar refractivity (Wildman–Crippen MR) is 201 cm³/mol. The van der Waals surface area contributed by atoms with Crippen LogP contribution in [-0.4, -0.2) is 49.3 Å². The molecule has 4 aromatic rings. The molecule has 0 heterocycles. The van der Waals surface area contributed by atoms with E-state index >= 15 is 0 Å². The number of nitrogens with one attached hydrogen (secondary N) is 2. The molecule has 52 heavy (non-hydrogen) atoms. The van der Waals surface area contributed by atoms with Gasteiger partial charge in [-0.05, 0) is 120 Å². The van der Waals surface area contributed by atoms with Crippen LogP contribution < -0.4 is 20.1 Å². The number of aryl methyl sites for hydroxylation is 2. The molecule has 6 rings (SSSR count). The van der Waals surface area contributed by atoms with Gasteiger partial charge < -0.3 is 25.2 Å². The maximum Gasteiger partial charge on any atom is 0.251 e. The van der Waals surface area contributed by atoms with Crippen LogP contribution in [0.15, 0.2) is 97.1 Å². The number of hydrogen-bond donors (Lipinski definition) is 3. The maximum absolute atomic E-state index is 12.5. The van der Waals surface area contributed by atoms with Gasteiger partial charge in [-0.3, -0.25) is 19.2 Å². The highest BCUT2D eigenvalue weighted by molar-refractivity contribution is 5.96. The molecule has 9 heteroatoms. The molecule has 0 bridgehead atoms. The Morgan fingerprint density at radius 3 is 1.46 bits per heavy atom. The second-order valence-electron chi connectivity index (χ2n) is 12.6. The topological polar surface area (TPSA) is 131 Å². The van der Waals surface area contributed by atoms with Gasteiger partial charge in [0.25, 0.3) is 11.8 Å². The lowest BCUT2D eigenvalue weighted by molar-refractivity contribution is -0.117. The van der Waals surface area contributed by atoms with Gasteiger partial charge >= 0.3 is 0 Å². The highest BCUT2D eigenvalue weighted by Crippen LogP contribution is 2.33. The van der Waals surface area contributed by atoms with Crippen molar-refractivity contribution < 1.29 is 33.8 Å². The summed E-state index contributed by atoms with van der Waals surface area (Å²) in [5, 5.41) is 15.0. The third kappa shape index (κ3) is 9.70. The minimum absolute atomic E-state index is 0.0169. The van der Waals surface area contributed by atoms with Gasteiger partial charge in [0.1, 0.15) is 18.1 Å². The lowest BCUT2D eigenvalue weighted by Crippen LogP contribution is -2.27. The summed E-state index contributed by atoms with van der Waals surface area (Å²) in [4.78, 5) is 47.6. The molecular formula is C43H44N2O7. The van der Waals surface area contributed by atoms with E-state index in [4.69, 9.17) is 14.6 Å². The van der Waals surface area contributed by atoms with Gasteiger partial charge in [-0.15, -0.1) is 0 Å². The Balaban J connectivity index is 0.000000201. The number of aliphatic hydroxyl groups excluding tert-OH is 1. The van der Waals surface area contributed by atoms with Gasteiger partial charge in [0, 0.05) is 17.5 Å². The number of amides is 2. The third-order valence-electron chi connectivity index (χ3n) is 9.23. The fourth-order valence-corrected chi connectivity index (χ4v) is 6.30. The number of carbonyl (C=O) groups is 4. The zero-order valence-electron chi connectivity index (χ0n) is 29.7. The van der Waals surface area contributed by atoms with Crippen LogP contribution in [0, 0.1) is 0 Å². The predicted octanol–water partition coefficient (Wildman–Crippen LogP) is 6.79. The van der Waals surface area contributed by atoms with Crippen molar-refractivity contribution in [1.29, 1.82) is 0 Å². The van der Waals surface area contributed by atoms with Crippen LogP contribution in [0.4, 0.5) is 0 Å². The van der Waals surface area contributed by atoms with Crippen molar-refractivity contribution in [2.75, 3.05) is 20.8 Å². The summed E-state index contributed by atoms with van der Waals surface area (Å²) in [5.41, 5.74) is 7.82. The van der Waals surface area contributed by atoms with E-state index in [2.05, 4.69) is 22.8 Å². The van der Waals surface area contributed by atoms with Crippen LogP contribution in [0.25, 0.3) is 12.2 Å². The monoisotopic (exact) mass is 700 g/mol. The van der Waals surface area contributed by atoms with Crippen molar-refractivity contribution in [2.24, 2.45) is 0 Å². The fourth-order valence-electron chi connectivity index (χ4n) is 6.30. The Hall–Kier alpha value is -5.80. The smallest absolute Gasteiger partial charge is 0.251 e. The molecule has 4 aromatic carbocycles. The first-order valence-corrected chi connectivity index (χ1v) is 17.4. The first kappa shape index (κ1) is 37.5. The average molecular weight is 701 g/mol. The first-order valence-electron chi connectivity index (χ1n) is 17.4. The Morgan fingerprint density at radius 2 is 1.08 bits per heavy atom. The molecule has 0 saturated heterocycles. The van der Waals surface area contributed by atoms with Crippen LogP contribution in [0.1, 0.15) is 92.4 Å². The van der Waals surface area contributed by atoms with E-state index in [0.717, 1.165) is 53.7 Å². The Labute approximate surface area is 304 Å². The van der Waals surface area contributed by atoms with Gasteiger partial charge in [0.05, 0.1) is 26.3 Å². The number of benzene rings is 4. The summed E-state index contributed by atoms with van der Waals surface area (Å²) in [6.45, 7) is 1.37. The molecule has 0 fully saturated rings. The lowest BCUT2D eigenvalue weighted by atomic mass is 10.0. The quantitative estimate of drug-likeness (QED) is 0.139. The number of rotatable bonds is 12. The van der Waals surface area contributed by atoms with Gasteiger partial charge in [-0.1, -0.05) is 55.5 Å². The molecule has 2 aliphatic rings. The molecule has 2 aliphatic carbocycles. The van der Waals surface area contributed by atoms with Crippen molar-refractivity contribution >= 4 is 35.5 Å². The van der Waals surface area contributed by atoms with Crippen LogP contribution in [0.3, 0.4) is 0 Å². The van der Waals surface area contributed by atoms with Gasteiger partial charge in [-0.2, -0.15) is 0 Å². The second-order valence-corrected chi connectivity index (χ2v) is 12.6. The number of ketones is 2. The molecule has 3 N–H and O–H groups in total. The van der Waals surface area contributed by atoms with E-state index < -0.39 is 6.61 Å². The molecule has 0 aromatic heterocycles. The molecule has 0 aliphatic heterocycles. The average Bonchev–Trinajstić information content (AvgIpc) is 3.78. The number of hydrogen-bond acceptors (Lipinski definition) is 7. The largest absolute Gasteiger partial charge is 0.497 e. The molecule has 0 saturated carbocycles. The SMILES string of the molecule is CCC(=O)/C=C/c1ccc2c(c1)CCC2NC(=O)c1ccc(OC)cc1.COc1ccc(C(=O)NC2CCc3cc(/C=C/C(=O)CO)ccc32)cc1. The van der Waals surface area contributed by atoms with Crippen molar-refractivity contribution in [1.82, 2.24) is 10.6 Å². The van der Waals surface area contributed by atoms with Crippen molar-refractivity contribution in [3.05, 3.63) is 142 Å². The minimum Gasteiger partial charge on any atom is -0.497 e. The minimum atomic E-state index is -0.485. The zero-order valence-corrected chi connectivity index (χ0v) is 29.7. The van der Waals surface area contributed by atoms with Crippen LogP contribution in [0.2, 0.25) is 0 Å². The number of fused-ring (bicyclic) bond motifs is 2. The second kappa shape index (κ2) is 17.9. The van der Waals surface area contributed by atoms with Gasteiger partial charge in [-0.25, -0.2) is 0 Å². The summed E-state index contributed by atoms with van der Waals surface area (Å²) >= 11 is 0. The van der Waals surface area contributed by atoms with Gasteiger partial charge in [0.15, 0.2) is 11.6 Å². The molecule has 0 spiro atoms. The molecule has 9 nitrogen and oxygen atoms in total. The van der Waals surface area contributed by atoms with E-state index in [1.807, 2.05) is 37.3 Å². The molecule has 2 atom stereocenters. The molecular weight excluding hydrogens is 656 g/mol. The van der Waals surface area contributed by atoms with E-state index in [1.54, 1.807) is 74.9 Å². The number of carbonyl (C=O) groups excluding carboxylic acids is 4. The summed E-state index contributed by atoms with van der Waals surface area (Å²) in [6.07, 6.45) is 10.6. The Bertz CT molecular complexity index is 1820.